The Bertz CT molecular complexity index is 164. The van der Waals surface area contributed by atoms with Crippen molar-refractivity contribution in [2.75, 3.05) is 26.2 Å². The van der Waals surface area contributed by atoms with Gasteiger partial charge in [0.05, 0.1) is 0 Å². The lowest BCUT2D eigenvalue weighted by Gasteiger charge is -2.27. The molecule has 98 valence electrons. The van der Waals surface area contributed by atoms with Crippen molar-refractivity contribution in [2.24, 2.45) is 17.1 Å². The van der Waals surface area contributed by atoms with E-state index < -0.39 is 0 Å². The molecule has 2 heteroatoms. The lowest BCUT2D eigenvalue weighted by Crippen LogP contribution is -2.29. The lowest BCUT2D eigenvalue weighted by atomic mass is 9.84. The normalized spacial score (nSPS) is 12.8. The number of hydrogen-bond acceptors (Lipinski definition) is 2. The van der Waals surface area contributed by atoms with Crippen molar-refractivity contribution in [3.63, 3.8) is 0 Å². The van der Waals surface area contributed by atoms with Gasteiger partial charge in [0.15, 0.2) is 0 Å². The first-order valence-corrected chi connectivity index (χ1v) is 6.83. The molecular weight excluding hydrogens is 196 g/mol. The summed E-state index contributed by atoms with van der Waals surface area (Å²) in [7, 11) is 0. The maximum absolute atomic E-state index is 5.63. The van der Waals surface area contributed by atoms with Crippen LogP contribution >= 0.6 is 0 Å². The third-order valence-electron chi connectivity index (χ3n) is 3.22. The average molecular weight is 228 g/mol. The summed E-state index contributed by atoms with van der Waals surface area (Å²) < 4.78 is 0. The Labute approximate surface area is 103 Å². The highest BCUT2D eigenvalue weighted by molar-refractivity contribution is 4.70. The van der Waals surface area contributed by atoms with Crippen LogP contribution in [-0.2, 0) is 0 Å². The zero-order chi connectivity index (χ0) is 12.6. The van der Waals surface area contributed by atoms with Crippen LogP contribution in [-0.4, -0.2) is 31.1 Å². The van der Waals surface area contributed by atoms with Crippen LogP contribution in [0.1, 0.15) is 53.9 Å². The van der Waals surface area contributed by atoms with Gasteiger partial charge in [0.2, 0.25) is 0 Å². The van der Waals surface area contributed by atoms with E-state index in [0.29, 0.717) is 5.41 Å². The fourth-order valence-corrected chi connectivity index (χ4v) is 2.19. The molecule has 0 unspecified atom stereocenters. The van der Waals surface area contributed by atoms with Crippen molar-refractivity contribution in [1.29, 1.82) is 0 Å². The van der Waals surface area contributed by atoms with Crippen LogP contribution < -0.4 is 5.73 Å². The third kappa shape index (κ3) is 8.12. The minimum atomic E-state index is 0.423. The second-order valence-corrected chi connectivity index (χ2v) is 6.09. The minimum Gasteiger partial charge on any atom is -0.330 e. The smallest absolute Gasteiger partial charge is 0.000427 e. The van der Waals surface area contributed by atoms with Crippen LogP contribution in [0.15, 0.2) is 0 Å². The average Bonchev–Trinajstić information content (AvgIpc) is 2.15. The standard InChI is InChI=1S/C14H32N2/c1-6-16(12-13(2)3)11-7-8-14(4,5)9-10-15/h13H,6-12,15H2,1-5H3. The molecule has 0 atom stereocenters. The molecule has 16 heavy (non-hydrogen) atoms. The monoisotopic (exact) mass is 228 g/mol. The number of hydrogen-bond donors (Lipinski definition) is 1. The van der Waals surface area contributed by atoms with Gasteiger partial charge in [-0.05, 0) is 50.2 Å². The molecule has 0 saturated carbocycles. The van der Waals surface area contributed by atoms with Crippen molar-refractivity contribution in [3.8, 4) is 0 Å². The molecule has 0 aromatic heterocycles. The molecule has 0 spiro atoms. The van der Waals surface area contributed by atoms with E-state index in [2.05, 4.69) is 39.5 Å². The molecule has 0 aliphatic rings. The van der Waals surface area contributed by atoms with Crippen molar-refractivity contribution >= 4 is 0 Å². The van der Waals surface area contributed by atoms with E-state index in [1.165, 1.54) is 32.5 Å². The molecule has 0 fully saturated rings. The second-order valence-electron chi connectivity index (χ2n) is 6.09. The summed E-state index contributed by atoms with van der Waals surface area (Å²) in [5, 5.41) is 0. The van der Waals surface area contributed by atoms with Gasteiger partial charge in [-0.3, -0.25) is 0 Å². The molecule has 0 aliphatic heterocycles. The van der Waals surface area contributed by atoms with Crippen molar-refractivity contribution in [1.82, 2.24) is 4.90 Å². The molecule has 0 aromatic carbocycles. The summed E-state index contributed by atoms with van der Waals surface area (Å²) in [5.74, 6) is 0.775. The fraction of sp³-hybridized carbons (Fsp3) is 1.00. The molecule has 0 saturated heterocycles. The molecule has 0 bridgehead atoms. The van der Waals surface area contributed by atoms with Crippen molar-refractivity contribution in [3.05, 3.63) is 0 Å². The molecular formula is C14H32N2. The predicted molar refractivity (Wildman–Crippen MR) is 73.6 cm³/mol. The summed E-state index contributed by atoms with van der Waals surface area (Å²) in [6.07, 6.45) is 3.73. The zero-order valence-electron chi connectivity index (χ0n) is 12.1. The van der Waals surface area contributed by atoms with Gasteiger partial charge < -0.3 is 10.6 Å². The minimum absolute atomic E-state index is 0.423. The Morgan fingerprint density at radius 1 is 1.19 bits per heavy atom. The molecule has 0 rings (SSSR count). The second kappa shape index (κ2) is 8.08. The fourth-order valence-electron chi connectivity index (χ4n) is 2.19. The first kappa shape index (κ1) is 15.9. The molecule has 2 nitrogen and oxygen atoms in total. The lowest BCUT2D eigenvalue weighted by molar-refractivity contribution is 0.225. The molecule has 0 aromatic rings. The number of nitrogens with two attached hydrogens (primary N) is 1. The molecule has 0 radical (unpaired) electrons. The summed E-state index contributed by atoms with van der Waals surface area (Å²) in [4.78, 5) is 2.56. The maximum atomic E-state index is 5.63. The van der Waals surface area contributed by atoms with Gasteiger partial charge in [0.1, 0.15) is 0 Å². The number of rotatable bonds is 9. The Hall–Kier alpha value is -0.0800. The van der Waals surface area contributed by atoms with Crippen LogP contribution in [0.5, 0.6) is 0 Å². The highest BCUT2D eigenvalue weighted by atomic mass is 15.1. The largest absolute Gasteiger partial charge is 0.330 e. The van der Waals surface area contributed by atoms with Gasteiger partial charge in [-0.15, -0.1) is 0 Å². The highest BCUT2D eigenvalue weighted by Gasteiger charge is 2.16. The third-order valence-corrected chi connectivity index (χ3v) is 3.22. The van der Waals surface area contributed by atoms with Crippen LogP contribution in [0, 0.1) is 11.3 Å². The Morgan fingerprint density at radius 2 is 1.81 bits per heavy atom. The Morgan fingerprint density at radius 3 is 2.25 bits per heavy atom. The van der Waals surface area contributed by atoms with E-state index in [0.717, 1.165) is 18.9 Å². The molecule has 2 N–H and O–H groups in total. The number of nitrogens with zero attached hydrogens (tertiary/aromatic N) is 1. The zero-order valence-corrected chi connectivity index (χ0v) is 12.1. The van der Waals surface area contributed by atoms with E-state index in [1.54, 1.807) is 0 Å². The van der Waals surface area contributed by atoms with E-state index in [-0.39, 0.29) is 0 Å². The Balaban J connectivity index is 3.77. The summed E-state index contributed by atoms with van der Waals surface area (Å²) >= 11 is 0. The van der Waals surface area contributed by atoms with Gasteiger partial charge in [0, 0.05) is 6.54 Å². The van der Waals surface area contributed by atoms with Crippen LogP contribution in [0.4, 0.5) is 0 Å². The van der Waals surface area contributed by atoms with Crippen LogP contribution in [0.2, 0.25) is 0 Å². The van der Waals surface area contributed by atoms with Gasteiger partial charge in [-0.25, -0.2) is 0 Å². The van der Waals surface area contributed by atoms with Gasteiger partial charge in [-0.1, -0.05) is 34.6 Å². The first-order chi connectivity index (χ1) is 7.41. The van der Waals surface area contributed by atoms with Gasteiger partial charge >= 0.3 is 0 Å². The topological polar surface area (TPSA) is 29.3 Å². The van der Waals surface area contributed by atoms with E-state index >= 15 is 0 Å². The molecule has 0 aliphatic carbocycles. The molecule has 0 heterocycles. The van der Waals surface area contributed by atoms with Crippen LogP contribution in [0.3, 0.4) is 0 Å². The SMILES string of the molecule is CCN(CCCC(C)(C)CCN)CC(C)C. The van der Waals surface area contributed by atoms with Crippen LogP contribution in [0.25, 0.3) is 0 Å². The van der Waals surface area contributed by atoms with E-state index in [9.17, 15) is 0 Å². The molecule has 0 amide bonds. The maximum Gasteiger partial charge on any atom is 0.000427 e. The van der Waals surface area contributed by atoms with Gasteiger partial charge in [0.25, 0.3) is 0 Å². The summed E-state index contributed by atoms with van der Waals surface area (Å²) in [6, 6.07) is 0. The first-order valence-electron chi connectivity index (χ1n) is 6.83. The predicted octanol–water partition coefficient (Wildman–Crippen LogP) is 3.12. The highest BCUT2D eigenvalue weighted by Crippen LogP contribution is 2.25. The van der Waals surface area contributed by atoms with Crippen molar-refractivity contribution < 1.29 is 0 Å². The Kier molecular flexibility index (Phi) is 8.04. The van der Waals surface area contributed by atoms with E-state index in [1.807, 2.05) is 0 Å². The van der Waals surface area contributed by atoms with Crippen molar-refractivity contribution in [2.45, 2.75) is 53.9 Å². The van der Waals surface area contributed by atoms with E-state index in [4.69, 9.17) is 5.73 Å². The van der Waals surface area contributed by atoms with Gasteiger partial charge in [-0.2, -0.15) is 0 Å². The summed E-state index contributed by atoms with van der Waals surface area (Å²) in [6.45, 7) is 16.0. The quantitative estimate of drug-likeness (QED) is 0.657. The summed E-state index contributed by atoms with van der Waals surface area (Å²) in [5.41, 5.74) is 6.05.